The number of hydrogen-bond donors (Lipinski definition) is 2. The summed E-state index contributed by atoms with van der Waals surface area (Å²) >= 11 is 3.45. The van der Waals surface area contributed by atoms with E-state index in [9.17, 15) is 9.90 Å². The van der Waals surface area contributed by atoms with E-state index >= 15 is 0 Å². The van der Waals surface area contributed by atoms with Crippen LogP contribution in [0.2, 0.25) is 0 Å². The molecule has 1 fully saturated rings. The second-order valence-corrected chi connectivity index (χ2v) is 4.97. The number of aliphatic hydroxyl groups excluding tert-OH is 1. The topological polar surface area (TPSA) is 52.6 Å². The lowest BCUT2D eigenvalue weighted by molar-refractivity contribution is -0.124. The molecular weight excluding hydrogens is 284 g/mol. The van der Waals surface area contributed by atoms with E-state index in [2.05, 4.69) is 21.2 Å². The van der Waals surface area contributed by atoms with Gasteiger partial charge in [0.15, 0.2) is 0 Å². The molecular formula is C12H15BrN2O2. The van der Waals surface area contributed by atoms with E-state index < -0.39 is 6.04 Å². The highest BCUT2D eigenvalue weighted by Gasteiger charge is 2.29. The summed E-state index contributed by atoms with van der Waals surface area (Å²) < 4.78 is 1.04. The minimum Gasteiger partial charge on any atom is -0.394 e. The number of nitrogens with zero attached hydrogens (tertiary/aromatic N) is 1. The van der Waals surface area contributed by atoms with Crippen molar-refractivity contribution in [2.75, 3.05) is 24.6 Å². The summed E-state index contributed by atoms with van der Waals surface area (Å²) in [6, 6.07) is 5.46. The lowest BCUT2D eigenvalue weighted by atomic mass is 10.1. The summed E-state index contributed by atoms with van der Waals surface area (Å²) in [4.78, 5) is 13.6. The van der Waals surface area contributed by atoms with Gasteiger partial charge < -0.3 is 15.3 Å². The molecule has 0 spiro atoms. The Balaban J connectivity index is 2.30. The Morgan fingerprint density at radius 2 is 2.35 bits per heavy atom. The van der Waals surface area contributed by atoms with Crippen LogP contribution in [-0.2, 0) is 4.79 Å². The highest BCUT2D eigenvalue weighted by molar-refractivity contribution is 9.10. The van der Waals surface area contributed by atoms with E-state index in [0.717, 1.165) is 22.3 Å². The summed E-state index contributed by atoms with van der Waals surface area (Å²) in [5.74, 6) is -0.112. The molecule has 0 aromatic heterocycles. The zero-order chi connectivity index (χ0) is 12.4. The molecule has 1 amide bonds. The fourth-order valence-electron chi connectivity index (χ4n) is 2.01. The highest BCUT2D eigenvalue weighted by atomic mass is 79.9. The maximum Gasteiger partial charge on any atom is 0.245 e. The lowest BCUT2D eigenvalue weighted by Crippen LogP contribution is -2.57. The van der Waals surface area contributed by atoms with Gasteiger partial charge in [-0.05, 0) is 30.7 Å². The molecule has 5 heteroatoms. The van der Waals surface area contributed by atoms with E-state index in [1.165, 1.54) is 0 Å². The highest BCUT2D eigenvalue weighted by Crippen LogP contribution is 2.25. The minimum absolute atomic E-state index is 0.112. The number of aliphatic hydroxyl groups is 1. The Labute approximate surface area is 109 Å². The molecule has 1 unspecified atom stereocenters. The molecule has 1 atom stereocenters. The molecule has 1 aliphatic rings. The predicted molar refractivity (Wildman–Crippen MR) is 70.1 cm³/mol. The molecule has 0 bridgehead atoms. The Morgan fingerprint density at radius 3 is 3.00 bits per heavy atom. The van der Waals surface area contributed by atoms with E-state index in [1.54, 1.807) is 0 Å². The van der Waals surface area contributed by atoms with Gasteiger partial charge in [-0.2, -0.15) is 0 Å². The first kappa shape index (κ1) is 12.4. The predicted octanol–water partition coefficient (Wildman–Crippen LogP) is 1.05. The van der Waals surface area contributed by atoms with Crippen molar-refractivity contribution in [2.45, 2.75) is 13.0 Å². The molecule has 0 saturated carbocycles. The normalized spacial score (nSPS) is 20.3. The molecule has 17 heavy (non-hydrogen) atoms. The van der Waals surface area contributed by atoms with Crippen LogP contribution < -0.4 is 10.2 Å². The van der Waals surface area contributed by atoms with Crippen LogP contribution in [0.4, 0.5) is 5.69 Å². The van der Waals surface area contributed by atoms with Crippen LogP contribution in [0.3, 0.4) is 0 Å². The van der Waals surface area contributed by atoms with Crippen LogP contribution in [0, 0.1) is 6.92 Å². The number of amides is 1. The Morgan fingerprint density at radius 1 is 1.59 bits per heavy atom. The summed E-state index contributed by atoms with van der Waals surface area (Å²) in [6.07, 6.45) is 0. The second-order valence-electron chi connectivity index (χ2n) is 4.12. The first-order valence-electron chi connectivity index (χ1n) is 5.55. The third kappa shape index (κ3) is 2.45. The second kappa shape index (κ2) is 5.06. The van der Waals surface area contributed by atoms with E-state index in [0.29, 0.717) is 6.54 Å². The maximum absolute atomic E-state index is 11.6. The number of piperazine rings is 1. The number of carbonyl (C=O) groups excluding carboxylic acids is 1. The average molecular weight is 299 g/mol. The van der Waals surface area contributed by atoms with Crippen LogP contribution in [0.5, 0.6) is 0 Å². The van der Waals surface area contributed by atoms with Gasteiger partial charge in [-0.3, -0.25) is 4.79 Å². The van der Waals surface area contributed by atoms with Crippen molar-refractivity contribution >= 4 is 27.5 Å². The Hall–Kier alpha value is -1.07. The molecule has 1 heterocycles. The van der Waals surface area contributed by atoms with Crippen molar-refractivity contribution in [2.24, 2.45) is 0 Å². The molecule has 1 aliphatic heterocycles. The summed E-state index contributed by atoms with van der Waals surface area (Å²) in [7, 11) is 0. The first-order valence-corrected chi connectivity index (χ1v) is 6.34. The summed E-state index contributed by atoms with van der Waals surface area (Å²) in [5.41, 5.74) is 2.09. The van der Waals surface area contributed by atoms with Crippen LogP contribution in [0.15, 0.2) is 22.7 Å². The number of nitrogens with one attached hydrogen (secondary N) is 1. The molecule has 0 aliphatic carbocycles. The zero-order valence-electron chi connectivity index (χ0n) is 9.61. The largest absolute Gasteiger partial charge is 0.394 e. The number of rotatable bonds is 2. The molecule has 1 aromatic carbocycles. The van der Waals surface area contributed by atoms with Crippen molar-refractivity contribution < 1.29 is 9.90 Å². The van der Waals surface area contributed by atoms with Crippen molar-refractivity contribution in [1.29, 1.82) is 0 Å². The fourth-order valence-corrected chi connectivity index (χ4v) is 2.26. The third-order valence-corrected chi connectivity index (χ3v) is 3.87. The Kier molecular flexibility index (Phi) is 3.69. The molecule has 4 nitrogen and oxygen atoms in total. The standard InChI is InChI=1S/C12H15BrN2O2/c1-8-6-9(2-3-10(8)13)15-5-4-14-12(17)11(15)7-16/h2-3,6,11,16H,4-5,7H2,1H3,(H,14,17). The minimum atomic E-state index is -0.482. The van der Waals surface area contributed by atoms with Gasteiger partial charge in [0.1, 0.15) is 6.04 Å². The number of benzene rings is 1. The monoisotopic (exact) mass is 298 g/mol. The quantitative estimate of drug-likeness (QED) is 0.858. The SMILES string of the molecule is Cc1cc(N2CCNC(=O)C2CO)ccc1Br. The molecule has 1 aromatic rings. The summed E-state index contributed by atoms with van der Waals surface area (Å²) in [6.45, 7) is 3.18. The van der Waals surface area contributed by atoms with Crippen LogP contribution >= 0.6 is 15.9 Å². The van der Waals surface area contributed by atoms with Gasteiger partial charge in [-0.25, -0.2) is 0 Å². The molecule has 1 saturated heterocycles. The van der Waals surface area contributed by atoms with Crippen LogP contribution in [0.25, 0.3) is 0 Å². The van der Waals surface area contributed by atoms with Gasteiger partial charge in [0, 0.05) is 23.2 Å². The number of hydrogen-bond acceptors (Lipinski definition) is 3. The molecule has 2 N–H and O–H groups in total. The van der Waals surface area contributed by atoms with Gasteiger partial charge in [0.2, 0.25) is 5.91 Å². The van der Waals surface area contributed by atoms with E-state index in [1.807, 2.05) is 30.0 Å². The molecule has 2 rings (SSSR count). The van der Waals surface area contributed by atoms with Gasteiger partial charge in [0.25, 0.3) is 0 Å². The lowest BCUT2D eigenvalue weighted by Gasteiger charge is -2.35. The number of anilines is 1. The first-order chi connectivity index (χ1) is 8.13. The molecule has 0 radical (unpaired) electrons. The number of carbonyl (C=O) groups is 1. The average Bonchev–Trinajstić information content (AvgIpc) is 2.32. The van der Waals surface area contributed by atoms with Crippen LogP contribution in [-0.4, -0.2) is 36.8 Å². The Bertz CT molecular complexity index is 437. The van der Waals surface area contributed by atoms with E-state index in [4.69, 9.17) is 0 Å². The van der Waals surface area contributed by atoms with Crippen molar-refractivity contribution in [3.05, 3.63) is 28.2 Å². The maximum atomic E-state index is 11.6. The number of halogens is 1. The van der Waals surface area contributed by atoms with Crippen molar-refractivity contribution in [3.63, 3.8) is 0 Å². The summed E-state index contributed by atoms with van der Waals surface area (Å²) in [5, 5.41) is 12.1. The van der Waals surface area contributed by atoms with Gasteiger partial charge >= 0.3 is 0 Å². The number of aryl methyl sites for hydroxylation is 1. The van der Waals surface area contributed by atoms with E-state index in [-0.39, 0.29) is 12.5 Å². The van der Waals surface area contributed by atoms with Crippen molar-refractivity contribution in [3.8, 4) is 0 Å². The van der Waals surface area contributed by atoms with Gasteiger partial charge in [-0.15, -0.1) is 0 Å². The van der Waals surface area contributed by atoms with Gasteiger partial charge in [0.05, 0.1) is 6.61 Å². The smallest absolute Gasteiger partial charge is 0.245 e. The van der Waals surface area contributed by atoms with Crippen molar-refractivity contribution in [1.82, 2.24) is 5.32 Å². The molecule has 92 valence electrons. The van der Waals surface area contributed by atoms with Gasteiger partial charge in [-0.1, -0.05) is 15.9 Å². The zero-order valence-corrected chi connectivity index (χ0v) is 11.2. The van der Waals surface area contributed by atoms with Crippen LogP contribution in [0.1, 0.15) is 5.56 Å². The fraction of sp³-hybridized carbons (Fsp3) is 0.417. The third-order valence-electron chi connectivity index (χ3n) is 2.98.